The molecule has 0 unspecified atom stereocenters. The van der Waals surface area contributed by atoms with Gasteiger partial charge in [-0.05, 0) is 13.8 Å². The number of esters is 1. The fourth-order valence-electron chi connectivity index (χ4n) is 1.42. The van der Waals surface area contributed by atoms with Crippen molar-refractivity contribution in [2.75, 3.05) is 6.61 Å². The van der Waals surface area contributed by atoms with Crippen LogP contribution in [0, 0.1) is 6.92 Å². The Morgan fingerprint density at radius 3 is 3.06 bits per heavy atom. The van der Waals surface area contributed by atoms with Gasteiger partial charge in [0.2, 0.25) is 5.71 Å². The Morgan fingerprint density at radius 1 is 1.62 bits per heavy atom. The van der Waals surface area contributed by atoms with Crippen molar-refractivity contribution in [1.82, 2.24) is 9.97 Å². The number of carbonyl (C=O) groups excluding carboxylic acids is 1. The van der Waals surface area contributed by atoms with E-state index in [1.54, 1.807) is 13.8 Å². The first-order chi connectivity index (χ1) is 7.63. The summed E-state index contributed by atoms with van der Waals surface area (Å²) >= 11 is 0. The molecule has 0 fully saturated rings. The van der Waals surface area contributed by atoms with Gasteiger partial charge < -0.3 is 14.1 Å². The number of rotatable bonds is 2. The van der Waals surface area contributed by atoms with Crippen LogP contribution in [0.25, 0.3) is 11.1 Å². The van der Waals surface area contributed by atoms with Gasteiger partial charge in [-0.3, -0.25) is 4.79 Å². The number of nitrogens with zero attached hydrogens (tertiary/aromatic N) is 1. The van der Waals surface area contributed by atoms with E-state index in [4.69, 9.17) is 9.15 Å². The molecule has 0 radical (unpaired) electrons. The summed E-state index contributed by atoms with van der Waals surface area (Å²) in [6.45, 7) is 3.56. The van der Waals surface area contributed by atoms with Crippen molar-refractivity contribution >= 4 is 17.1 Å². The number of ether oxygens (including phenoxy) is 1. The van der Waals surface area contributed by atoms with Crippen LogP contribution >= 0.6 is 0 Å². The molecule has 0 aliphatic heterocycles. The molecule has 0 aromatic carbocycles. The van der Waals surface area contributed by atoms with Gasteiger partial charge >= 0.3 is 5.97 Å². The van der Waals surface area contributed by atoms with Gasteiger partial charge in [0, 0.05) is 0 Å². The van der Waals surface area contributed by atoms with Gasteiger partial charge in [0.05, 0.1) is 6.61 Å². The SMILES string of the molecule is CCOC(=O)c1coc2nc(C)[nH]c(=O)c12. The highest BCUT2D eigenvalue weighted by atomic mass is 16.5. The monoisotopic (exact) mass is 222 g/mol. The van der Waals surface area contributed by atoms with E-state index >= 15 is 0 Å². The number of carbonyl (C=O) groups is 1. The maximum atomic E-state index is 11.6. The molecule has 0 saturated carbocycles. The van der Waals surface area contributed by atoms with Crippen LogP contribution in [0.1, 0.15) is 23.1 Å². The second-order valence-electron chi connectivity index (χ2n) is 3.20. The number of aromatic amines is 1. The number of hydrogen-bond donors (Lipinski definition) is 1. The lowest BCUT2D eigenvalue weighted by atomic mass is 10.2. The van der Waals surface area contributed by atoms with Gasteiger partial charge in [0.15, 0.2) is 0 Å². The molecular weight excluding hydrogens is 212 g/mol. The molecule has 1 N–H and O–H groups in total. The van der Waals surface area contributed by atoms with E-state index in [-0.39, 0.29) is 23.3 Å². The van der Waals surface area contributed by atoms with Crippen LogP contribution in [0.5, 0.6) is 0 Å². The first-order valence-electron chi connectivity index (χ1n) is 4.78. The largest absolute Gasteiger partial charge is 0.462 e. The molecule has 2 aromatic rings. The molecule has 0 atom stereocenters. The van der Waals surface area contributed by atoms with Crippen molar-refractivity contribution in [2.45, 2.75) is 13.8 Å². The summed E-state index contributed by atoms with van der Waals surface area (Å²) in [5.74, 6) is -0.153. The Balaban J connectivity index is 2.65. The van der Waals surface area contributed by atoms with Crippen LogP contribution in [0.4, 0.5) is 0 Å². The normalized spacial score (nSPS) is 10.6. The number of fused-ring (bicyclic) bond motifs is 1. The van der Waals surface area contributed by atoms with E-state index < -0.39 is 11.5 Å². The van der Waals surface area contributed by atoms with E-state index in [9.17, 15) is 9.59 Å². The van der Waals surface area contributed by atoms with E-state index in [1.165, 1.54) is 6.26 Å². The summed E-state index contributed by atoms with van der Waals surface area (Å²) in [7, 11) is 0. The molecule has 2 heterocycles. The van der Waals surface area contributed by atoms with E-state index in [0.717, 1.165) is 0 Å². The third-order valence-electron chi connectivity index (χ3n) is 2.06. The van der Waals surface area contributed by atoms with Crippen molar-refractivity contribution in [3.63, 3.8) is 0 Å². The predicted octanol–water partition coefficient (Wildman–Crippen LogP) is 1.00. The van der Waals surface area contributed by atoms with Crippen molar-refractivity contribution in [3.05, 3.63) is 28.0 Å². The predicted molar refractivity (Wildman–Crippen MR) is 55.3 cm³/mol. The number of aromatic nitrogens is 2. The lowest BCUT2D eigenvalue weighted by Gasteiger charge is -1.97. The second-order valence-corrected chi connectivity index (χ2v) is 3.20. The van der Waals surface area contributed by atoms with Crippen LogP contribution in [-0.4, -0.2) is 22.5 Å². The molecule has 2 aromatic heterocycles. The Hall–Kier alpha value is -2.11. The van der Waals surface area contributed by atoms with Gasteiger partial charge in [0.25, 0.3) is 5.56 Å². The number of furan rings is 1. The minimum atomic E-state index is -0.586. The summed E-state index contributed by atoms with van der Waals surface area (Å²) in [4.78, 5) is 29.6. The highest BCUT2D eigenvalue weighted by molar-refractivity contribution is 6.01. The zero-order valence-corrected chi connectivity index (χ0v) is 8.86. The molecular formula is C10H10N2O4. The maximum Gasteiger partial charge on any atom is 0.342 e. The second kappa shape index (κ2) is 3.80. The molecule has 16 heavy (non-hydrogen) atoms. The molecule has 0 spiro atoms. The Kier molecular flexibility index (Phi) is 2.47. The highest BCUT2D eigenvalue weighted by Gasteiger charge is 2.18. The summed E-state index contributed by atoms with van der Waals surface area (Å²) in [5.41, 5.74) is -0.158. The van der Waals surface area contributed by atoms with Crippen molar-refractivity contribution < 1.29 is 13.9 Å². The molecule has 0 saturated heterocycles. The topological polar surface area (TPSA) is 85.2 Å². The molecule has 0 bridgehead atoms. The van der Waals surface area contributed by atoms with Crippen molar-refractivity contribution in [2.24, 2.45) is 0 Å². The first-order valence-corrected chi connectivity index (χ1v) is 4.78. The Morgan fingerprint density at radius 2 is 2.38 bits per heavy atom. The fraction of sp³-hybridized carbons (Fsp3) is 0.300. The zero-order chi connectivity index (χ0) is 11.7. The number of aryl methyl sites for hydroxylation is 1. The Bertz CT molecular complexity index is 596. The third kappa shape index (κ3) is 1.58. The molecule has 0 aliphatic carbocycles. The van der Waals surface area contributed by atoms with Gasteiger partial charge in [0.1, 0.15) is 23.0 Å². The van der Waals surface area contributed by atoms with Gasteiger partial charge in [-0.15, -0.1) is 0 Å². The van der Waals surface area contributed by atoms with Gasteiger partial charge in [-0.25, -0.2) is 4.79 Å². The lowest BCUT2D eigenvalue weighted by Crippen LogP contribution is -2.13. The van der Waals surface area contributed by atoms with Crippen LogP contribution < -0.4 is 5.56 Å². The molecule has 6 heteroatoms. The standard InChI is InChI=1S/C10H10N2O4/c1-3-15-10(14)6-4-16-9-7(6)8(13)11-5(2)12-9/h4H,3H2,1-2H3,(H,11,12,13). The third-order valence-corrected chi connectivity index (χ3v) is 2.06. The van der Waals surface area contributed by atoms with E-state index in [1.807, 2.05) is 0 Å². The van der Waals surface area contributed by atoms with Crippen LogP contribution in [0.3, 0.4) is 0 Å². The van der Waals surface area contributed by atoms with Crippen molar-refractivity contribution in [1.29, 1.82) is 0 Å². The number of nitrogens with one attached hydrogen (secondary N) is 1. The fourth-order valence-corrected chi connectivity index (χ4v) is 1.42. The van der Waals surface area contributed by atoms with Gasteiger partial charge in [-0.2, -0.15) is 4.98 Å². The minimum absolute atomic E-state index is 0.102. The van der Waals surface area contributed by atoms with Crippen LogP contribution in [0.15, 0.2) is 15.5 Å². The summed E-state index contributed by atoms with van der Waals surface area (Å²) < 4.78 is 9.85. The Labute approximate surface area is 90.2 Å². The molecule has 0 aliphatic rings. The molecule has 0 amide bonds. The highest BCUT2D eigenvalue weighted by Crippen LogP contribution is 2.16. The summed E-state index contributed by atoms with van der Waals surface area (Å²) in [6.07, 6.45) is 1.18. The van der Waals surface area contributed by atoms with E-state index in [0.29, 0.717) is 5.82 Å². The van der Waals surface area contributed by atoms with Crippen molar-refractivity contribution in [3.8, 4) is 0 Å². The lowest BCUT2D eigenvalue weighted by molar-refractivity contribution is 0.0527. The average molecular weight is 222 g/mol. The molecule has 6 nitrogen and oxygen atoms in total. The minimum Gasteiger partial charge on any atom is -0.462 e. The number of H-pyrrole nitrogens is 1. The van der Waals surface area contributed by atoms with Crippen LogP contribution in [0.2, 0.25) is 0 Å². The first kappa shape index (κ1) is 10.4. The van der Waals surface area contributed by atoms with Gasteiger partial charge in [-0.1, -0.05) is 0 Å². The molecule has 84 valence electrons. The summed E-state index contributed by atoms with van der Waals surface area (Å²) in [6, 6.07) is 0. The molecule has 2 rings (SSSR count). The quantitative estimate of drug-likeness (QED) is 0.766. The van der Waals surface area contributed by atoms with Crippen LogP contribution in [-0.2, 0) is 4.74 Å². The maximum absolute atomic E-state index is 11.6. The smallest absolute Gasteiger partial charge is 0.342 e. The number of hydrogen-bond acceptors (Lipinski definition) is 5. The zero-order valence-electron chi connectivity index (χ0n) is 8.86. The van der Waals surface area contributed by atoms with E-state index in [2.05, 4.69) is 9.97 Å². The summed E-state index contributed by atoms with van der Waals surface area (Å²) in [5, 5.41) is 0.129. The average Bonchev–Trinajstić information content (AvgIpc) is 2.61.